The summed E-state index contributed by atoms with van der Waals surface area (Å²) < 4.78 is 0. The van der Waals surface area contributed by atoms with Gasteiger partial charge in [0, 0.05) is 32.0 Å². The minimum absolute atomic E-state index is 0.0602. The Labute approximate surface area is 125 Å². The number of aliphatic carboxylic acids is 1. The normalized spacial score (nSPS) is 18.0. The van der Waals surface area contributed by atoms with Crippen molar-refractivity contribution in [2.75, 3.05) is 26.2 Å². The van der Waals surface area contributed by atoms with Crippen molar-refractivity contribution in [3.63, 3.8) is 0 Å². The molecule has 7 heteroatoms. The zero-order valence-electron chi connectivity index (χ0n) is 12.8. The molecule has 120 valence electrons. The molecule has 1 saturated heterocycles. The van der Waals surface area contributed by atoms with Crippen LogP contribution in [0.25, 0.3) is 0 Å². The predicted molar refractivity (Wildman–Crippen MR) is 77.9 cm³/mol. The van der Waals surface area contributed by atoms with Crippen molar-refractivity contribution in [2.24, 2.45) is 0 Å². The first-order valence-corrected chi connectivity index (χ1v) is 7.52. The number of carboxylic acid groups (broad SMARTS) is 1. The standard InChI is InChI=1S/C14H25N3O4/c1-3-16(4-2)11-8-9-17(10-11)14(21)15-12(18)6-5-7-13(19)20/h11H,3-10H2,1-2H3,(H,19,20)(H,15,18,21). The summed E-state index contributed by atoms with van der Waals surface area (Å²) in [5, 5.41) is 10.8. The zero-order chi connectivity index (χ0) is 15.8. The summed E-state index contributed by atoms with van der Waals surface area (Å²) in [5.74, 6) is -1.34. The number of carbonyl (C=O) groups excluding carboxylic acids is 2. The molecule has 1 unspecified atom stereocenters. The molecule has 1 rings (SSSR count). The lowest BCUT2D eigenvalue weighted by molar-refractivity contribution is -0.137. The van der Waals surface area contributed by atoms with Gasteiger partial charge in [0.2, 0.25) is 5.91 Å². The Kier molecular flexibility index (Phi) is 7.14. The third-order valence-electron chi connectivity index (χ3n) is 3.82. The molecule has 7 nitrogen and oxygen atoms in total. The molecule has 0 spiro atoms. The zero-order valence-corrected chi connectivity index (χ0v) is 12.8. The van der Waals surface area contributed by atoms with E-state index in [1.807, 2.05) is 0 Å². The maximum atomic E-state index is 12.0. The van der Waals surface area contributed by atoms with Gasteiger partial charge < -0.3 is 10.0 Å². The Hall–Kier alpha value is -1.63. The van der Waals surface area contributed by atoms with E-state index in [0.29, 0.717) is 19.1 Å². The topological polar surface area (TPSA) is 90.0 Å². The van der Waals surface area contributed by atoms with E-state index in [2.05, 4.69) is 24.1 Å². The van der Waals surface area contributed by atoms with Crippen LogP contribution in [0.4, 0.5) is 4.79 Å². The average Bonchev–Trinajstić information content (AvgIpc) is 2.89. The Morgan fingerprint density at radius 3 is 2.48 bits per heavy atom. The molecule has 21 heavy (non-hydrogen) atoms. The van der Waals surface area contributed by atoms with Crippen molar-refractivity contribution < 1.29 is 19.5 Å². The lowest BCUT2D eigenvalue weighted by Gasteiger charge is -2.26. The maximum Gasteiger partial charge on any atom is 0.324 e. The number of nitrogens with one attached hydrogen (secondary N) is 1. The first-order chi connectivity index (χ1) is 9.97. The molecule has 0 bridgehead atoms. The number of carboxylic acids is 1. The molecule has 3 amide bonds. The van der Waals surface area contributed by atoms with E-state index in [-0.39, 0.29) is 25.3 Å². The van der Waals surface area contributed by atoms with Crippen LogP contribution in [0.15, 0.2) is 0 Å². The van der Waals surface area contributed by atoms with Gasteiger partial charge in [-0.3, -0.25) is 19.8 Å². The van der Waals surface area contributed by atoms with E-state index in [4.69, 9.17) is 5.11 Å². The molecule has 0 aromatic heterocycles. The summed E-state index contributed by atoms with van der Waals surface area (Å²) in [5.41, 5.74) is 0. The molecular weight excluding hydrogens is 274 g/mol. The van der Waals surface area contributed by atoms with Gasteiger partial charge in [-0.1, -0.05) is 13.8 Å². The van der Waals surface area contributed by atoms with Crippen molar-refractivity contribution in [3.05, 3.63) is 0 Å². The number of urea groups is 1. The minimum atomic E-state index is -0.935. The molecule has 0 aromatic rings. The van der Waals surface area contributed by atoms with Crippen molar-refractivity contribution in [2.45, 2.75) is 45.6 Å². The summed E-state index contributed by atoms with van der Waals surface area (Å²) in [4.78, 5) is 37.8. The molecule has 0 radical (unpaired) electrons. The van der Waals surface area contributed by atoms with E-state index in [9.17, 15) is 14.4 Å². The predicted octanol–water partition coefficient (Wildman–Crippen LogP) is 0.894. The first-order valence-electron chi connectivity index (χ1n) is 7.52. The average molecular weight is 299 g/mol. The summed E-state index contributed by atoms with van der Waals surface area (Å²) in [6.45, 7) is 7.37. The van der Waals surface area contributed by atoms with E-state index < -0.39 is 11.9 Å². The van der Waals surface area contributed by atoms with Crippen LogP contribution in [0, 0.1) is 0 Å². The second-order valence-corrected chi connectivity index (χ2v) is 5.21. The molecule has 0 aromatic carbocycles. The van der Waals surface area contributed by atoms with Crippen LogP contribution in [-0.4, -0.2) is 65.0 Å². The van der Waals surface area contributed by atoms with Gasteiger partial charge in [0.25, 0.3) is 0 Å². The van der Waals surface area contributed by atoms with Crippen LogP contribution in [0.2, 0.25) is 0 Å². The van der Waals surface area contributed by atoms with Gasteiger partial charge in [0.15, 0.2) is 0 Å². The minimum Gasteiger partial charge on any atom is -0.481 e. The number of nitrogens with zero attached hydrogens (tertiary/aromatic N) is 2. The fraction of sp³-hybridized carbons (Fsp3) is 0.786. The summed E-state index contributed by atoms with van der Waals surface area (Å²) in [6, 6.07) is -0.0159. The van der Waals surface area contributed by atoms with Gasteiger partial charge in [-0.2, -0.15) is 0 Å². The lowest BCUT2D eigenvalue weighted by Crippen LogP contribution is -2.44. The smallest absolute Gasteiger partial charge is 0.324 e. The van der Waals surface area contributed by atoms with Crippen molar-refractivity contribution in [1.82, 2.24) is 15.1 Å². The largest absolute Gasteiger partial charge is 0.481 e. The molecule has 1 atom stereocenters. The third-order valence-corrected chi connectivity index (χ3v) is 3.82. The maximum absolute atomic E-state index is 12.0. The number of hydrogen-bond acceptors (Lipinski definition) is 4. The second-order valence-electron chi connectivity index (χ2n) is 5.21. The third kappa shape index (κ3) is 5.71. The van der Waals surface area contributed by atoms with Gasteiger partial charge in [0.1, 0.15) is 0 Å². The molecule has 1 aliphatic heterocycles. The van der Waals surface area contributed by atoms with E-state index in [1.54, 1.807) is 4.90 Å². The van der Waals surface area contributed by atoms with Crippen molar-refractivity contribution in [3.8, 4) is 0 Å². The number of carbonyl (C=O) groups is 3. The van der Waals surface area contributed by atoms with Crippen molar-refractivity contribution >= 4 is 17.9 Å². The Bertz CT molecular complexity index is 382. The summed E-state index contributed by atoms with van der Waals surface area (Å²) in [7, 11) is 0. The van der Waals surface area contributed by atoms with E-state index >= 15 is 0 Å². The van der Waals surface area contributed by atoms with Crippen LogP contribution in [0.5, 0.6) is 0 Å². The molecule has 1 aliphatic rings. The van der Waals surface area contributed by atoms with E-state index in [1.165, 1.54) is 0 Å². The second kappa shape index (κ2) is 8.61. The highest BCUT2D eigenvalue weighted by Gasteiger charge is 2.29. The van der Waals surface area contributed by atoms with Crippen LogP contribution in [0.1, 0.15) is 39.5 Å². The monoisotopic (exact) mass is 299 g/mol. The fourth-order valence-corrected chi connectivity index (χ4v) is 2.63. The lowest BCUT2D eigenvalue weighted by atomic mass is 10.2. The Morgan fingerprint density at radius 1 is 1.24 bits per heavy atom. The molecule has 0 saturated carbocycles. The molecule has 1 fully saturated rings. The van der Waals surface area contributed by atoms with Crippen LogP contribution < -0.4 is 5.32 Å². The van der Waals surface area contributed by atoms with Gasteiger partial charge in [-0.05, 0) is 25.9 Å². The molecular formula is C14H25N3O4. The van der Waals surface area contributed by atoms with Crippen LogP contribution in [-0.2, 0) is 9.59 Å². The first kappa shape index (κ1) is 17.4. The molecule has 2 N–H and O–H groups in total. The Morgan fingerprint density at radius 2 is 1.90 bits per heavy atom. The number of amides is 3. The number of rotatable bonds is 7. The number of hydrogen-bond donors (Lipinski definition) is 2. The SMILES string of the molecule is CCN(CC)C1CCN(C(=O)NC(=O)CCCC(=O)O)C1. The Balaban J connectivity index is 2.33. The number of likely N-dealkylation sites (N-methyl/N-ethyl adjacent to an activating group) is 1. The summed E-state index contributed by atoms with van der Waals surface area (Å²) >= 11 is 0. The van der Waals surface area contributed by atoms with Gasteiger partial charge in [0.05, 0.1) is 0 Å². The van der Waals surface area contributed by atoms with Gasteiger partial charge in [-0.25, -0.2) is 4.79 Å². The fourth-order valence-electron chi connectivity index (χ4n) is 2.63. The number of likely N-dealkylation sites (tertiary alicyclic amines) is 1. The van der Waals surface area contributed by atoms with Gasteiger partial charge >= 0.3 is 12.0 Å². The van der Waals surface area contributed by atoms with Crippen molar-refractivity contribution in [1.29, 1.82) is 0 Å². The highest BCUT2D eigenvalue weighted by Crippen LogP contribution is 2.15. The number of imide groups is 1. The van der Waals surface area contributed by atoms with Crippen LogP contribution >= 0.6 is 0 Å². The molecule has 0 aliphatic carbocycles. The highest BCUT2D eigenvalue weighted by atomic mass is 16.4. The van der Waals surface area contributed by atoms with Gasteiger partial charge in [-0.15, -0.1) is 0 Å². The quantitative estimate of drug-likeness (QED) is 0.729. The highest BCUT2D eigenvalue weighted by molar-refractivity contribution is 5.94. The summed E-state index contributed by atoms with van der Waals surface area (Å²) in [6.07, 6.45) is 1.17. The van der Waals surface area contributed by atoms with Crippen LogP contribution in [0.3, 0.4) is 0 Å². The van der Waals surface area contributed by atoms with E-state index in [0.717, 1.165) is 19.5 Å². The molecule has 1 heterocycles.